The van der Waals surface area contributed by atoms with E-state index in [-0.39, 0.29) is 5.82 Å². The maximum Gasteiger partial charge on any atom is 0.123 e. The van der Waals surface area contributed by atoms with Crippen LogP contribution in [0.2, 0.25) is 0 Å². The third-order valence-corrected chi connectivity index (χ3v) is 4.22. The molecule has 0 saturated carbocycles. The zero-order chi connectivity index (χ0) is 13.7. The molecule has 102 valence electrons. The smallest absolute Gasteiger partial charge is 0.123 e. The second kappa shape index (κ2) is 6.78. The van der Waals surface area contributed by atoms with Crippen molar-refractivity contribution in [2.45, 2.75) is 33.2 Å². The number of halogens is 1. The van der Waals surface area contributed by atoms with Gasteiger partial charge in [0.05, 0.1) is 5.01 Å². The Morgan fingerprint density at radius 2 is 2.21 bits per heavy atom. The van der Waals surface area contributed by atoms with Crippen molar-refractivity contribution in [1.29, 1.82) is 0 Å². The molecule has 0 spiro atoms. The number of aryl methyl sites for hydroxylation is 2. The highest BCUT2D eigenvalue weighted by molar-refractivity contribution is 7.11. The van der Waals surface area contributed by atoms with Crippen LogP contribution in [0.1, 0.15) is 27.9 Å². The molecule has 0 amide bonds. The van der Waals surface area contributed by atoms with E-state index < -0.39 is 0 Å². The molecule has 2 rings (SSSR count). The van der Waals surface area contributed by atoms with Gasteiger partial charge in [-0.3, -0.25) is 0 Å². The predicted molar refractivity (Wildman–Crippen MR) is 78.0 cm³/mol. The van der Waals surface area contributed by atoms with Crippen LogP contribution in [0.3, 0.4) is 0 Å². The molecule has 19 heavy (non-hydrogen) atoms. The van der Waals surface area contributed by atoms with Gasteiger partial charge in [0.25, 0.3) is 0 Å². The number of thiazole rings is 1. The van der Waals surface area contributed by atoms with Crippen LogP contribution in [-0.2, 0) is 19.4 Å². The zero-order valence-electron chi connectivity index (χ0n) is 11.4. The summed E-state index contributed by atoms with van der Waals surface area (Å²) in [4.78, 5) is 5.60. The molecule has 1 aromatic heterocycles. The van der Waals surface area contributed by atoms with Crippen LogP contribution in [0, 0.1) is 12.7 Å². The second-order valence-electron chi connectivity index (χ2n) is 4.57. The molecule has 0 saturated heterocycles. The minimum Gasteiger partial charge on any atom is -0.311 e. The first-order valence-electron chi connectivity index (χ1n) is 6.58. The summed E-state index contributed by atoms with van der Waals surface area (Å²) in [5.74, 6) is -0.161. The highest BCUT2D eigenvalue weighted by Gasteiger charge is 2.02. The van der Waals surface area contributed by atoms with Crippen molar-refractivity contribution in [3.8, 4) is 0 Å². The number of hydrogen-bond acceptors (Lipinski definition) is 3. The summed E-state index contributed by atoms with van der Waals surface area (Å²) in [7, 11) is 0. The standard InChI is InChI=1S/C15H19FN2S/c1-3-15-18-10-14(19-15)9-17-7-6-12-4-5-13(16)8-11(12)2/h4-5,8,10,17H,3,6-7,9H2,1-2H3. The molecule has 2 aromatic rings. The van der Waals surface area contributed by atoms with Gasteiger partial charge in [-0.15, -0.1) is 11.3 Å². The maximum atomic E-state index is 13.0. The minimum absolute atomic E-state index is 0.161. The van der Waals surface area contributed by atoms with Crippen molar-refractivity contribution in [3.63, 3.8) is 0 Å². The SMILES string of the molecule is CCc1ncc(CNCCc2ccc(F)cc2C)s1. The highest BCUT2D eigenvalue weighted by atomic mass is 32.1. The molecule has 0 aliphatic heterocycles. The molecule has 4 heteroatoms. The van der Waals surface area contributed by atoms with Gasteiger partial charge in [-0.25, -0.2) is 9.37 Å². The van der Waals surface area contributed by atoms with Gasteiger partial charge in [0.1, 0.15) is 5.82 Å². The normalized spacial score (nSPS) is 10.9. The van der Waals surface area contributed by atoms with Gasteiger partial charge < -0.3 is 5.32 Å². The number of nitrogens with one attached hydrogen (secondary N) is 1. The van der Waals surface area contributed by atoms with Crippen molar-refractivity contribution < 1.29 is 4.39 Å². The fourth-order valence-corrected chi connectivity index (χ4v) is 2.80. The average Bonchev–Trinajstić information content (AvgIpc) is 2.84. The van der Waals surface area contributed by atoms with Gasteiger partial charge in [-0.1, -0.05) is 13.0 Å². The van der Waals surface area contributed by atoms with E-state index in [1.807, 2.05) is 19.2 Å². The molecule has 0 fully saturated rings. The fraction of sp³-hybridized carbons (Fsp3) is 0.400. The van der Waals surface area contributed by atoms with Gasteiger partial charge in [0.15, 0.2) is 0 Å². The average molecular weight is 278 g/mol. The number of hydrogen-bond donors (Lipinski definition) is 1. The monoisotopic (exact) mass is 278 g/mol. The summed E-state index contributed by atoms with van der Waals surface area (Å²) in [6, 6.07) is 4.99. The van der Waals surface area contributed by atoms with Crippen LogP contribution in [-0.4, -0.2) is 11.5 Å². The largest absolute Gasteiger partial charge is 0.311 e. The number of benzene rings is 1. The number of aromatic nitrogens is 1. The molecule has 0 aliphatic carbocycles. The Hall–Kier alpha value is -1.26. The Bertz CT molecular complexity index is 537. The summed E-state index contributed by atoms with van der Waals surface area (Å²) >= 11 is 1.76. The van der Waals surface area contributed by atoms with Crippen LogP contribution >= 0.6 is 11.3 Å². The molecule has 0 radical (unpaired) electrons. The fourth-order valence-electron chi connectivity index (χ4n) is 1.97. The summed E-state index contributed by atoms with van der Waals surface area (Å²) < 4.78 is 13.0. The van der Waals surface area contributed by atoms with Gasteiger partial charge >= 0.3 is 0 Å². The lowest BCUT2D eigenvalue weighted by Gasteiger charge is -2.06. The van der Waals surface area contributed by atoms with Gasteiger partial charge in [0, 0.05) is 17.6 Å². The molecular formula is C15H19FN2S. The summed E-state index contributed by atoms with van der Waals surface area (Å²) in [6.07, 6.45) is 3.87. The number of nitrogens with zero attached hydrogens (tertiary/aromatic N) is 1. The Balaban J connectivity index is 1.77. The van der Waals surface area contributed by atoms with Crippen LogP contribution in [0.4, 0.5) is 4.39 Å². The summed E-state index contributed by atoms with van der Waals surface area (Å²) in [5, 5.41) is 4.59. The van der Waals surface area contributed by atoms with E-state index in [0.717, 1.165) is 31.5 Å². The number of rotatable bonds is 6. The van der Waals surface area contributed by atoms with Crippen molar-refractivity contribution in [1.82, 2.24) is 10.3 Å². The van der Waals surface area contributed by atoms with Crippen LogP contribution in [0.25, 0.3) is 0 Å². The van der Waals surface area contributed by atoms with Gasteiger partial charge in [0.2, 0.25) is 0 Å². The van der Waals surface area contributed by atoms with Gasteiger partial charge in [-0.2, -0.15) is 0 Å². The van der Waals surface area contributed by atoms with E-state index in [9.17, 15) is 4.39 Å². The van der Waals surface area contributed by atoms with Crippen molar-refractivity contribution in [3.05, 3.63) is 51.2 Å². The molecule has 2 nitrogen and oxygen atoms in total. The van der Waals surface area contributed by atoms with Gasteiger partial charge in [-0.05, 0) is 49.6 Å². The van der Waals surface area contributed by atoms with E-state index in [2.05, 4.69) is 17.2 Å². The molecule has 0 aliphatic rings. The first-order valence-corrected chi connectivity index (χ1v) is 7.40. The van der Waals surface area contributed by atoms with Crippen LogP contribution < -0.4 is 5.32 Å². The molecular weight excluding hydrogens is 259 g/mol. The first kappa shape index (κ1) is 14.2. The van der Waals surface area contributed by atoms with Crippen molar-refractivity contribution in [2.24, 2.45) is 0 Å². The van der Waals surface area contributed by atoms with E-state index in [0.29, 0.717) is 0 Å². The lowest BCUT2D eigenvalue weighted by molar-refractivity contribution is 0.624. The van der Waals surface area contributed by atoms with Crippen LogP contribution in [0.5, 0.6) is 0 Å². The Morgan fingerprint density at radius 3 is 2.89 bits per heavy atom. The Kier molecular flexibility index (Phi) is 5.05. The molecule has 1 aromatic carbocycles. The lowest BCUT2D eigenvalue weighted by Crippen LogP contribution is -2.16. The predicted octanol–water partition coefficient (Wildman–Crippen LogP) is 3.49. The molecule has 0 unspecified atom stereocenters. The third-order valence-electron chi connectivity index (χ3n) is 3.08. The van der Waals surface area contributed by atoms with Crippen LogP contribution in [0.15, 0.2) is 24.4 Å². The molecule has 0 bridgehead atoms. The first-order chi connectivity index (χ1) is 9.19. The maximum absolute atomic E-state index is 13.0. The van der Waals surface area contributed by atoms with Crippen molar-refractivity contribution in [2.75, 3.05) is 6.54 Å². The molecule has 1 heterocycles. The van der Waals surface area contributed by atoms with E-state index >= 15 is 0 Å². The lowest BCUT2D eigenvalue weighted by atomic mass is 10.1. The van der Waals surface area contributed by atoms with E-state index in [4.69, 9.17) is 0 Å². The molecule has 0 atom stereocenters. The quantitative estimate of drug-likeness (QED) is 0.818. The minimum atomic E-state index is -0.161. The summed E-state index contributed by atoms with van der Waals surface area (Å²) in [6.45, 7) is 5.83. The third kappa shape index (κ3) is 4.11. The van der Waals surface area contributed by atoms with E-state index in [1.54, 1.807) is 17.4 Å². The van der Waals surface area contributed by atoms with E-state index in [1.165, 1.54) is 21.5 Å². The topological polar surface area (TPSA) is 24.9 Å². The highest BCUT2D eigenvalue weighted by Crippen LogP contribution is 2.13. The molecule has 1 N–H and O–H groups in total. The Labute approximate surface area is 117 Å². The van der Waals surface area contributed by atoms with Crippen molar-refractivity contribution >= 4 is 11.3 Å². The second-order valence-corrected chi connectivity index (χ2v) is 5.77. The summed E-state index contributed by atoms with van der Waals surface area (Å²) in [5.41, 5.74) is 2.22. The zero-order valence-corrected chi connectivity index (χ0v) is 12.2. The Morgan fingerprint density at radius 1 is 1.37 bits per heavy atom.